The highest BCUT2D eigenvalue weighted by Gasteiger charge is 2.09. The van der Waals surface area contributed by atoms with Crippen molar-refractivity contribution in [1.29, 1.82) is 0 Å². The van der Waals surface area contributed by atoms with Gasteiger partial charge in [-0.25, -0.2) is 9.97 Å². The van der Waals surface area contributed by atoms with Crippen LogP contribution in [0.15, 0.2) is 35.6 Å². The predicted octanol–water partition coefficient (Wildman–Crippen LogP) is 2.54. The normalized spacial score (nSPS) is 11.0. The van der Waals surface area contributed by atoms with Crippen LogP contribution in [0.5, 0.6) is 0 Å². The number of benzene rings is 1. The minimum absolute atomic E-state index is 0.267. The zero-order valence-electron chi connectivity index (χ0n) is 10.4. The van der Waals surface area contributed by atoms with Crippen molar-refractivity contribution in [3.05, 3.63) is 41.7 Å². The summed E-state index contributed by atoms with van der Waals surface area (Å²) in [6, 6.07) is 8.45. The average Bonchev–Trinajstić information content (AvgIpc) is 2.85. The largest absolute Gasteiger partial charge is 0.368 e. The van der Waals surface area contributed by atoms with Gasteiger partial charge in [0.1, 0.15) is 10.5 Å². The minimum atomic E-state index is 0.267. The number of aromatic amines is 1. The quantitative estimate of drug-likeness (QED) is 0.565. The van der Waals surface area contributed by atoms with Gasteiger partial charge < -0.3 is 10.7 Å². The molecule has 0 unspecified atom stereocenters. The van der Waals surface area contributed by atoms with Crippen molar-refractivity contribution in [2.75, 3.05) is 5.73 Å². The van der Waals surface area contributed by atoms with Crippen molar-refractivity contribution < 1.29 is 0 Å². The Morgan fingerprint density at radius 1 is 1.21 bits per heavy atom. The highest BCUT2D eigenvalue weighted by Crippen LogP contribution is 2.26. The number of fused-ring (bicyclic) bond motifs is 1. The van der Waals surface area contributed by atoms with Gasteiger partial charge in [0.2, 0.25) is 5.95 Å². The van der Waals surface area contributed by atoms with Gasteiger partial charge >= 0.3 is 0 Å². The Kier molecular flexibility index (Phi) is 3.08. The van der Waals surface area contributed by atoms with Crippen molar-refractivity contribution >= 4 is 28.9 Å². The first-order valence-electron chi connectivity index (χ1n) is 5.87. The number of hydrogen-bond donors (Lipinski definition) is 2. The molecule has 6 heteroatoms. The summed E-state index contributed by atoms with van der Waals surface area (Å²) < 4.78 is 0. The lowest BCUT2D eigenvalue weighted by atomic mass is 10.2. The van der Waals surface area contributed by atoms with E-state index in [4.69, 9.17) is 5.73 Å². The molecule has 0 amide bonds. The molecule has 0 bridgehead atoms. The zero-order chi connectivity index (χ0) is 13.2. The third kappa shape index (κ3) is 2.53. The molecular weight excluding hydrogens is 258 g/mol. The summed E-state index contributed by atoms with van der Waals surface area (Å²) >= 11 is 1.61. The van der Waals surface area contributed by atoms with Crippen molar-refractivity contribution in [2.45, 2.75) is 17.7 Å². The second-order valence-corrected chi connectivity index (χ2v) is 5.23. The van der Waals surface area contributed by atoms with Crippen LogP contribution in [-0.2, 0) is 5.75 Å². The highest BCUT2D eigenvalue weighted by atomic mass is 32.2. The van der Waals surface area contributed by atoms with Crippen LogP contribution in [-0.4, -0.2) is 19.9 Å². The number of rotatable bonds is 3. The van der Waals surface area contributed by atoms with Crippen LogP contribution in [0.4, 0.5) is 5.95 Å². The number of anilines is 1. The summed E-state index contributed by atoms with van der Waals surface area (Å²) in [6.07, 6.45) is 1.61. The number of imidazole rings is 1. The van der Waals surface area contributed by atoms with E-state index in [9.17, 15) is 0 Å². The molecule has 3 aromatic rings. The summed E-state index contributed by atoms with van der Waals surface area (Å²) in [4.78, 5) is 15.5. The van der Waals surface area contributed by atoms with E-state index in [1.54, 1.807) is 18.1 Å². The molecule has 0 atom stereocenters. The van der Waals surface area contributed by atoms with Crippen LogP contribution in [0.1, 0.15) is 11.1 Å². The summed E-state index contributed by atoms with van der Waals surface area (Å²) in [5, 5.41) is 0.810. The zero-order valence-corrected chi connectivity index (χ0v) is 11.2. The number of hydrogen-bond acceptors (Lipinski definition) is 5. The maximum atomic E-state index is 5.69. The maximum absolute atomic E-state index is 5.69. The number of thioether (sulfide) groups is 1. The molecule has 0 spiro atoms. The molecule has 0 aliphatic heterocycles. The van der Waals surface area contributed by atoms with E-state index in [0.29, 0.717) is 5.65 Å². The Labute approximate surface area is 114 Å². The fourth-order valence-corrected chi connectivity index (χ4v) is 2.70. The van der Waals surface area contributed by atoms with E-state index in [2.05, 4.69) is 51.1 Å². The van der Waals surface area contributed by atoms with Crippen LogP contribution in [0, 0.1) is 6.92 Å². The second kappa shape index (κ2) is 4.89. The highest BCUT2D eigenvalue weighted by molar-refractivity contribution is 7.98. The second-order valence-electron chi connectivity index (χ2n) is 4.26. The molecule has 5 nitrogen and oxygen atoms in total. The Hall–Kier alpha value is -2.08. The van der Waals surface area contributed by atoms with Crippen molar-refractivity contribution in [3.63, 3.8) is 0 Å². The molecular formula is C13H13N5S. The summed E-state index contributed by atoms with van der Waals surface area (Å²) in [6.45, 7) is 2.08. The van der Waals surface area contributed by atoms with E-state index < -0.39 is 0 Å². The first-order valence-corrected chi connectivity index (χ1v) is 6.86. The smallest absolute Gasteiger partial charge is 0.223 e. The molecule has 1 aromatic carbocycles. The van der Waals surface area contributed by atoms with E-state index in [0.717, 1.165) is 16.3 Å². The van der Waals surface area contributed by atoms with Crippen LogP contribution in [0.3, 0.4) is 0 Å². The first-order chi connectivity index (χ1) is 9.22. The lowest BCUT2D eigenvalue weighted by Gasteiger charge is -2.03. The van der Waals surface area contributed by atoms with Gasteiger partial charge in [-0.3, -0.25) is 0 Å². The molecule has 96 valence electrons. The molecule has 3 N–H and O–H groups in total. The third-order valence-electron chi connectivity index (χ3n) is 2.76. The topological polar surface area (TPSA) is 80.5 Å². The summed E-state index contributed by atoms with van der Waals surface area (Å²) in [5.74, 6) is 1.10. The van der Waals surface area contributed by atoms with Crippen molar-refractivity contribution in [2.24, 2.45) is 0 Å². The summed E-state index contributed by atoms with van der Waals surface area (Å²) in [7, 11) is 0. The van der Waals surface area contributed by atoms with Crippen LogP contribution < -0.4 is 5.73 Å². The fraction of sp³-hybridized carbons (Fsp3) is 0.154. The van der Waals surface area contributed by atoms with Gasteiger partial charge in [0.25, 0.3) is 0 Å². The first kappa shape index (κ1) is 12.0. The molecule has 2 heterocycles. The fourth-order valence-electron chi connectivity index (χ4n) is 1.76. The van der Waals surface area contributed by atoms with E-state index in [-0.39, 0.29) is 5.95 Å². The van der Waals surface area contributed by atoms with Gasteiger partial charge in [-0.1, -0.05) is 41.6 Å². The molecule has 0 fully saturated rings. The Bertz CT molecular complexity index is 705. The summed E-state index contributed by atoms with van der Waals surface area (Å²) in [5.41, 5.74) is 9.64. The molecule has 19 heavy (non-hydrogen) atoms. The van der Waals surface area contributed by atoms with E-state index in [1.807, 2.05) is 0 Å². The average molecular weight is 271 g/mol. The lowest BCUT2D eigenvalue weighted by Crippen LogP contribution is -1.97. The monoisotopic (exact) mass is 271 g/mol. The lowest BCUT2D eigenvalue weighted by molar-refractivity contribution is 1.10. The maximum Gasteiger partial charge on any atom is 0.223 e. The number of nitrogens with two attached hydrogens (primary N) is 1. The van der Waals surface area contributed by atoms with Gasteiger partial charge in [-0.15, -0.1) is 0 Å². The van der Waals surface area contributed by atoms with Gasteiger partial charge in [0.05, 0.1) is 6.33 Å². The molecule has 0 saturated heterocycles. The number of nitrogens with zero attached hydrogens (tertiary/aromatic N) is 3. The molecule has 2 aromatic heterocycles. The number of aromatic nitrogens is 4. The molecule has 0 aliphatic rings. The standard InChI is InChI=1S/C13H13N5S/c1-8-2-4-9(5-3-8)6-19-12-10-11(16-7-15-10)17-13(14)18-12/h2-5,7H,6H2,1H3,(H3,14,15,16,17,18). The molecule has 0 radical (unpaired) electrons. The Morgan fingerprint density at radius 2 is 2.00 bits per heavy atom. The van der Waals surface area contributed by atoms with Crippen LogP contribution in [0.25, 0.3) is 11.2 Å². The van der Waals surface area contributed by atoms with Gasteiger partial charge in [-0.2, -0.15) is 4.98 Å². The van der Waals surface area contributed by atoms with Crippen molar-refractivity contribution in [3.8, 4) is 0 Å². The SMILES string of the molecule is Cc1ccc(CSc2nc(N)nc3[nH]cnc23)cc1. The van der Waals surface area contributed by atoms with Crippen LogP contribution >= 0.6 is 11.8 Å². The number of nitrogens with one attached hydrogen (secondary N) is 1. The van der Waals surface area contributed by atoms with Crippen LogP contribution in [0.2, 0.25) is 0 Å². The van der Waals surface area contributed by atoms with Gasteiger partial charge in [0.15, 0.2) is 5.65 Å². The van der Waals surface area contributed by atoms with E-state index in [1.165, 1.54) is 11.1 Å². The van der Waals surface area contributed by atoms with Crippen molar-refractivity contribution in [1.82, 2.24) is 19.9 Å². The third-order valence-corrected chi connectivity index (χ3v) is 3.80. The molecule has 0 saturated carbocycles. The molecule has 0 aliphatic carbocycles. The minimum Gasteiger partial charge on any atom is -0.368 e. The number of H-pyrrole nitrogens is 1. The van der Waals surface area contributed by atoms with Gasteiger partial charge in [-0.05, 0) is 12.5 Å². The number of aryl methyl sites for hydroxylation is 1. The van der Waals surface area contributed by atoms with E-state index >= 15 is 0 Å². The predicted molar refractivity (Wildman–Crippen MR) is 76.8 cm³/mol. The molecule has 3 rings (SSSR count). The van der Waals surface area contributed by atoms with Gasteiger partial charge in [0, 0.05) is 5.75 Å². The Morgan fingerprint density at radius 3 is 2.79 bits per heavy atom. The Balaban J connectivity index is 1.85. The number of nitrogen functional groups attached to an aromatic ring is 1.